The minimum absolute atomic E-state index is 0.510. The molecule has 0 atom stereocenters. The summed E-state index contributed by atoms with van der Waals surface area (Å²) in [5.74, 6) is 1.07. The third-order valence-electron chi connectivity index (χ3n) is 2.09. The first kappa shape index (κ1) is 7.11. The molecule has 2 rings (SSSR count). The van der Waals surface area contributed by atoms with Gasteiger partial charge in [0.05, 0.1) is 5.56 Å². The largest absolute Gasteiger partial charge is 0.384 e. The molecule has 1 heterocycles. The zero-order chi connectivity index (χ0) is 8.55. The van der Waals surface area contributed by atoms with Gasteiger partial charge < -0.3 is 5.73 Å². The van der Waals surface area contributed by atoms with E-state index in [1.165, 1.54) is 12.8 Å². The molecule has 0 radical (unpaired) electrons. The summed E-state index contributed by atoms with van der Waals surface area (Å²) in [6, 6.07) is 3.94. The van der Waals surface area contributed by atoms with E-state index in [-0.39, 0.29) is 0 Å². The zero-order valence-corrected chi connectivity index (χ0v) is 6.62. The van der Waals surface area contributed by atoms with Crippen LogP contribution in [0.2, 0.25) is 0 Å². The van der Waals surface area contributed by atoms with Gasteiger partial charge in [0, 0.05) is 6.20 Å². The number of pyridine rings is 1. The van der Waals surface area contributed by atoms with Crippen LogP contribution in [0, 0.1) is 11.3 Å². The Labute approximate surface area is 70.8 Å². The Morgan fingerprint density at radius 3 is 2.92 bits per heavy atom. The van der Waals surface area contributed by atoms with E-state index in [2.05, 4.69) is 11.1 Å². The van der Waals surface area contributed by atoms with Crippen molar-refractivity contribution in [1.29, 1.82) is 5.26 Å². The zero-order valence-electron chi connectivity index (χ0n) is 6.62. The van der Waals surface area contributed by atoms with Gasteiger partial charge in [0.15, 0.2) is 0 Å². The second kappa shape index (κ2) is 2.49. The lowest BCUT2D eigenvalue weighted by molar-refractivity contribution is 1.10. The molecule has 1 aliphatic carbocycles. The van der Waals surface area contributed by atoms with Crippen LogP contribution in [0.15, 0.2) is 12.3 Å². The second-order valence-corrected chi connectivity index (χ2v) is 3.08. The van der Waals surface area contributed by atoms with Gasteiger partial charge in [-0.3, -0.25) is 0 Å². The van der Waals surface area contributed by atoms with Gasteiger partial charge in [0.1, 0.15) is 11.9 Å². The summed E-state index contributed by atoms with van der Waals surface area (Å²) < 4.78 is 0. The number of anilines is 1. The maximum atomic E-state index is 8.76. The minimum atomic E-state index is 0.510. The predicted octanol–water partition coefficient (Wildman–Crippen LogP) is 1.41. The Kier molecular flexibility index (Phi) is 1.47. The Hall–Kier alpha value is -1.56. The third-order valence-corrected chi connectivity index (χ3v) is 2.09. The summed E-state index contributed by atoms with van der Waals surface area (Å²) in [6.45, 7) is 0. The van der Waals surface area contributed by atoms with E-state index in [0.29, 0.717) is 17.3 Å². The van der Waals surface area contributed by atoms with Crippen LogP contribution in [0.3, 0.4) is 0 Å². The molecule has 3 nitrogen and oxygen atoms in total. The molecular weight excluding hydrogens is 150 g/mol. The fourth-order valence-electron chi connectivity index (χ4n) is 1.31. The molecular formula is C9H9N3. The van der Waals surface area contributed by atoms with Gasteiger partial charge in [-0.05, 0) is 30.4 Å². The molecule has 0 bridgehead atoms. The number of nitrogens with two attached hydrogens (primary N) is 1. The topological polar surface area (TPSA) is 62.7 Å². The number of rotatable bonds is 1. The molecule has 0 saturated heterocycles. The number of aromatic nitrogens is 1. The van der Waals surface area contributed by atoms with E-state index in [0.717, 1.165) is 5.56 Å². The van der Waals surface area contributed by atoms with Crippen molar-refractivity contribution >= 4 is 5.82 Å². The molecule has 0 aliphatic heterocycles. The first-order valence-corrected chi connectivity index (χ1v) is 3.97. The molecule has 2 N–H and O–H groups in total. The fraction of sp³-hybridized carbons (Fsp3) is 0.333. The Balaban J connectivity index is 2.48. The molecule has 1 fully saturated rings. The van der Waals surface area contributed by atoms with Gasteiger partial charge in [0.2, 0.25) is 0 Å². The van der Waals surface area contributed by atoms with Crippen LogP contribution >= 0.6 is 0 Å². The number of hydrogen-bond donors (Lipinski definition) is 1. The predicted molar refractivity (Wildman–Crippen MR) is 45.3 cm³/mol. The van der Waals surface area contributed by atoms with Crippen LogP contribution in [0.5, 0.6) is 0 Å². The first-order chi connectivity index (χ1) is 5.81. The van der Waals surface area contributed by atoms with Crippen molar-refractivity contribution in [1.82, 2.24) is 4.98 Å². The average molecular weight is 159 g/mol. The van der Waals surface area contributed by atoms with E-state index in [9.17, 15) is 0 Å². The lowest BCUT2D eigenvalue weighted by Gasteiger charge is -2.00. The number of nitrogens with zero attached hydrogens (tertiary/aromatic N) is 2. The van der Waals surface area contributed by atoms with Crippen LogP contribution in [-0.2, 0) is 0 Å². The molecule has 60 valence electrons. The summed E-state index contributed by atoms with van der Waals surface area (Å²) in [6.07, 6.45) is 3.92. The monoisotopic (exact) mass is 159 g/mol. The molecule has 1 aromatic heterocycles. The van der Waals surface area contributed by atoms with Crippen molar-refractivity contribution in [3.05, 3.63) is 23.4 Å². The highest BCUT2D eigenvalue weighted by atomic mass is 14.8. The number of nitrogen functional groups attached to an aromatic ring is 1. The normalized spacial score (nSPS) is 15.6. The van der Waals surface area contributed by atoms with Gasteiger partial charge >= 0.3 is 0 Å². The summed E-state index contributed by atoms with van der Waals surface area (Å²) in [4.78, 5) is 3.88. The number of hydrogen-bond acceptors (Lipinski definition) is 3. The highest BCUT2D eigenvalue weighted by Crippen LogP contribution is 2.41. The summed E-state index contributed by atoms with van der Waals surface area (Å²) in [7, 11) is 0. The second-order valence-electron chi connectivity index (χ2n) is 3.08. The van der Waals surface area contributed by atoms with Crippen molar-refractivity contribution in [3.8, 4) is 6.07 Å². The Morgan fingerprint density at radius 2 is 2.33 bits per heavy atom. The van der Waals surface area contributed by atoms with Crippen LogP contribution in [-0.4, -0.2) is 4.98 Å². The summed E-state index contributed by atoms with van der Waals surface area (Å²) in [5.41, 5.74) is 7.27. The van der Waals surface area contributed by atoms with Crippen molar-refractivity contribution in [3.63, 3.8) is 0 Å². The summed E-state index contributed by atoms with van der Waals surface area (Å²) >= 11 is 0. The quantitative estimate of drug-likeness (QED) is 0.673. The molecule has 1 aliphatic rings. The highest BCUT2D eigenvalue weighted by molar-refractivity contribution is 5.46. The molecule has 0 amide bonds. The summed E-state index contributed by atoms with van der Waals surface area (Å²) in [5, 5.41) is 8.76. The molecule has 12 heavy (non-hydrogen) atoms. The highest BCUT2D eigenvalue weighted by Gasteiger charge is 2.26. The minimum Gasteiger partial charge on any atom is -0.384 e. The Morgan fingerprint density at radius 1 is 1.58 bits per heavy atom. The lowest BCUT2D eigenvalue weighted by Crippen LogP contribution is -1.94. The van der Waals surface area contributed by atoms with Crippen LogP contribution < -0.4 is 5.73 Å². The lowest BCUT2D eigenvalue weighted by atomic mass is 10.1. The molecule has 1 aromatic rings. The Bertz CT molecular complexity index is 347. The van der Waals surface area contributed by atoms with Gasteiger partial charge in [-0.25, -0.2) is 4.98 Å². The van der Waals surface area contributed by atoms with E-state index in [1.54, 1.807) is 6.20 Å². The van der Waals surface area contributed by atoms with E-state index in [1.807, 2.05) is 6.07 Å². The molecule has 1 saturated carbocycles. The molecule has 0 unspecified atom stereocenters. The van der Waals surface area contributed by atoms with Crippen LogP contribution in [0.4, 0.5) is 5.82 Å². The van der Waals surface area contributed by atoms with Crippen LogP contribution in [0.1, 0.15) is 29.9 Å². The maximum absolute atomic E-state index is 8.76. The maximum Gasteiger partial charge on any atom is 0.123 e. The molecule has 0 spiro atoms. The van der Waals surface area contributed by atoms with Crippen molar-refractivity contribution in [2.75, 3.05) is 5.73 Å². The van der Waals surface area contributed by atoms with Gasteiger partial charge in [0.25, 0.3) is 0 Å². The van der Waals surface area contributed by atoms with Gasteiger partial charge in [-0.1, -0.05) is 0 Å². The van der Waals surface area contributed by atoms with Crippen molar-refractivity contribution in [2.45, 2.75) is 18.8 Å². The first-order valence-electron chi connectivity index (χ1n) is 3.97. The third kappa shape index (κ3) is 1.12. The van der Waals surface area contributed by atoms with E-state index < -0.39 is 0 Å². The van der Waals surface area contributed by atoms with Crippen LogP contribution in [0.25, 0.3) is 0 Å². The molecule has 3 heteroatoms. The van der Waals surface area contributed by atoms with E-state index in [4.69, 9.17) is 11.0 Å². The van der Waals surface area contributed by atoms with E-state index >= 15 is 0 Å². The van der Waals surface area contributed by atoms with Crippen molar-refractivity contribution in [2.24, 2.45) is 0 Å². The smallest absolute Gasteiger partial charge is 0.123 e. The van der Waals surface area contributed by atoms with Crippen molar-refractivity contribution < 1.29 is 0 Å². The van der Waals surface area contributed by atoms with Gasteiger partial charge in [-0.2, -0.15) is 5.26 Å². The molecule has 0 aromatic carbocycles. The average Bonchev–Trinajstić information content (AvgIpc) is 2.87. The fourth-order valence-corrected chi connectivity index (χ4v) is 1.31. The van der Waals surface area contributed by atoms with Gasteiger partial charge in [-0.15, -0.1) is 0 Å². The standard InChI is InChI=1S/C9H9N3/c10-4-7-5-12-9(11)3-8(7)6-1-2-6/h3,5-6H,1-2H2,(H2,11,12). The SMILES string of the molecule is N#Cc1cnc(N)cc1C1CC1. The number of nitriles is 1.